The summed E-state index contributed by atoms with van der Waals surface area (Å²) < 4.78 is 11.0. The molecule has 6 nitrogen and oxygen atoms in total. The summed E-state index contributed by atoms with van der Waals surface area (Å²) in [7, 11) is 3.25. The molecular weight excluding hydrogens is 354 g/mol. The topological polar surface area (TPSA) is 64.6 Å². The van der Waals surface area contributed by atoms with Crippen molar-refractivity contribution in [3.05, 3.63) is 83.4 Å². The fraction of sp³-hybridized carbons (Fsp3) is 0.227. The van der Waals surface area contributed by atoms with Crippen molar-refractivity contribution in [2.24, 2.45) is 0 Å². The highest BCUT2D eigenvalue weighted by Crippen LogP contribution is 2.41. The van der Waals surface area contributed by atoms with Gasteiger partial charge in [-0.05, 0) is 41.3 Å². The van der Waals surface area contributed by atoms with E-state index in [1.165, 1.54) is 0 Å². The van der Waals surface area contributed by atoms with E-state index in [0.717, 1.165) is 23.1 Å². The second-order valence-electron chi connectivity index (χ2n) is 6.54. The molecule has 0 bridgehead atoms. The van der Waals surface area contributed by atoms with Gasteiger partial charge in [-0.25, -0.2) is 9.97 Å². The van der Waals surface area contributed by atoms with E-state index in [1.54, 1.807) is 32.7 Å². The van der Waals surface area contributed by atoms with Crippen molar-refractivity contribution in [1.82, 2.24) is 14.9 Å². The molecule has 0 fully saturated rings. The monoisotopic (exact) mass is 375 g/mol. The number of hydrogen-bond acceptors (Lipinski definition) is 5. The molecule has 142 valence electrons. The molecule has 0 aliphatic carbocycles. The van der Waals surface area contributed by atoms with Gasteiger partial charge in [0, 0.05) is 18.9 Å². The fourth-order valence-corrected chi connectivity index (χ4v) is 3.70. The molecule has 0 unspecified atom stereocenters. The number of benzene rings is 2. The maximum atomic E-state index is 13.2. The summed E-state index contributed by atoms with van der Waals surface area (Å²) >= 11 is 0. The van der Waals surface area contributed by atoms with E-state index in [2.05, 4.69) is 9.97 Å². The van der Waals surface area contributed by atoms with Crippen LogP contribution < -0.4 is 9.47 Å². The molecule has 3 aromatic rings. The quantitative estimate of drug-likeness (QED) is 0.700. The summed E-state index contributed by atoms with van der Waals surface area (Å²) in [6.07, 6.45) is 3.89. The normalized spacial score (nSPS) is 15.6. The number of fused-ring (bicyclic) bond motifs is 1. The zero-order valence-corrected chi connectivity index (χ0v) is 15.8. The minimum absolute atomic E-state index is 0.185. The third-order valence-electron chi connectivity index (χ3n) is 5.01. The molecular formula is C22H21N3O3. The van der Waals surface area contributed by atoms with E-state index in [1.807, 2.05) is 47.4 Å². The molecule has 1 aliphatic heterocycles. The van der Waals surface area contributed by atoms with Crippen molar-refractivity contribution in [1.29, 1.82) is 0 Å². The molecule has 2 heterocycles. The highest BCUT2D eigenvalue weighted by molar-refractivity contribution is 5.91. The number of rotatable bonds is 4. The Morgan fingerprint density at radius 1 is 1.00 bits per heavy atom. The van der Waals surface area contributed by atoms with Gasteiger partial charge in [0.2, 0.25) is 5.82 Å². The summed E-state index contributed by atoms with van der Waals surface area (Å²) in [6, 6.07) is 15.4. The van der Waals surface area contributed by atoms with Crippen LogP contribution in [-0.4, -0.2) is 41.5 Å². The molecule has 0 spiro atoms. The predicted molar refractivity (Wildman–Crippen MR) is 105 cm³/mol. The van der Waals surface area contributed by atoms with E-state index in [9.17, 15) is 4.79 Å². The van der Waals surface area contributed by atoms with Crippen molar-refractivity contribution in [3.8, 4) is 11.5 Å². The molecule has 0 saturated heterocycles. The lowest BCUT2D eigenvalue weighted by Gasteiger charge is -2.37. The number of carbonyl (C=O) groups is 1. The lowest BCUT2D eigenvalue weighted by atomic mass is 9.87. The molecule has 1 aromatic heterocycles. The van der Waals surface area contributed by atoms with Crippen molar-refractivity contribution in [2.75, 3.05) is 20.8 Å². The van der Waals surface area contributed by atoms with Crippen LogP contribution in [-0.2, 0) is 6.42 Å². The molecule has 4 rings (SSSR count). The Hall–Kier alpha value is -3.41. The summed E-state index contributed by atoms with van der Waals surface area (Å²) in [5.74, 6) is 1.36. The van der Waals surface area contributed by atoms with E-state index in [0.29, 0.717) is 18.0 Å². The molecule has 6 heteroatoms. The number of aromatic nitrogens is 2. The summed E-state index contributed by atoms with van der Waals surface area (Å²) in [5.41, 5.74) is 3.20. The number of methoxy groups -OCH3 is 2. The van der Waals surface area contributed by atoms with Gasteiger partial charge >= 0.3 is 0 Å². The van der Waals surface area contributed by atoms with Crippen LogP contribution in [0, 0.1) is 0 Å². The Morgan fingerprint density at radius 2 is 1.68 bits per heavy atom. The number of hydrogen-bond donors (Lipinski definition) is 0. The van der Waals surface area contributed by atoms with Gasteiger partial charge in [-0.15, -0.1) is 0 Å². The molecule has 0 N–H and O–H groups in total. The molecule has 1 aliphatic rings. The van der Waals surface area contributed by atoms with Crippen LogP contribution in [0.4, 0.5) is 0 Å². The molecule has 28 heavy (non-hydrogen) atoms. The first-order chi connectivity index (χ1) is 13.7. The van der Waals surface area contributed by atoms with Crippen LogP contribution in [0.1, 0.15) is 33.4 Å². The highest BCUT2D eigenvalue weighted by Gasteiger charge is 2.34. The van der Waals surface area contributed by atoms with Crippen LogP contribution in [0.15, 0.2) is 60.9 Å². The highest BCUT2D eigenvalue weighted by atomic mass is 16.5. The Balaban J connectivity index is 1.84. The van der Waals surface area contributed by atoms with Gasteiger partial charge in [0.15, 0.2) is 11.5 Å². The standard InChI is InChI=1S/C22H21N3O3/c1-27-18-13-16-9-12-25(22(26)21-23-10-6-11-24-21)20(15-7-4-3-5-8-15)17(16)14-19(18)28-2/h3-8,10-11,13-14,20H,9,12H2,1-2H3/t20-/m1/s1. The number of carbonyl (C=O) groups excluding carboxylic acids is 1. The van der Waals surface area contributed by atoms with Crippen molar-refractivity contribution in [3.63, 3.8) is 0 Å². The second kappa shape index (κ2) is 7.68. The number of ether oxygens (including phenoxy) is 2. The van der Waals surface area contributed by atoms with Gasteiger partial charge in [-0.1, -0.05) is 30.3 Å². The zero-order valence-electron chi connectivity index (χ0n) is 15.8. The average molecular weight is 375 g/mol. The predicted octanol–water partition coefficient (Wildman–Crippen LogP) is 3.28. The maximum absolute atomic E-state index is 13.2. The first kappa shape index (κ1) is 18.0. The minimum Gasteiger partial charge on any atom is -0.493 e. The molecule has 0 saturated carbocycles. The molecule has 1 amide bonds. The van der Waals surface area contributed by atoms with Crippen LogP contribution in [0.3, 0.4) is 0 Å². The van der Waals surface area contributed by atoms with Gasteiger partial charge in [0.1, 0.15) is 0 Å². The Labute approximate surface area is 163 Å². The minimum atomic E-state index is -0.249. The molecule has 1 atom stereocenters. The lowest BCUT2D eigenvalue weighted by Crippen LogP contribution is -2.41. The lowest BCUT2D eigenvalue weighted by molar-refractivity contribution is 0.0681. The van der Waals surface area contributed by atoms with Gasteiger partial charge in [-0.2, -0.15) is 0 Å². The van der Waals surface area contributed by atoms with Crippen molar-refractivity contribution < 1.29 is 14.3 Å². The number of nitrogens with zero attached hydrogens (tertiary/aromatic N) is 3. The van der Waals surface area contributed by atoms with Gasteiger partial charge in [-0.3, -0.25) is 4.79 Å². The summed E-state index contributed by atoms with van der Waals surface area (Å²) in [4.78, 5) is 23.4. The van der Waals surface area contributed by atoms with E-state index in [4.69, 9.17) is 9.47 Å². The fourth-order valence-electron chi connectivity index (χ4n) is 3.70. The van der Waals surface area contributed by atoms with E-state index >= 15 is 0 Å². The first-order valence-electron chi connectivity index (χ1n) is 9.10. The van der Waals surface area contributed by atoms with Crippen LogP contribution in [0.5, 0.6) is 11.5 Å². The SMILES string of the molecule is COc1cc2c(cc1OC)[C@@H](c1ccccc1)N(C(=O)c1ncccn1)CC2. The van der Waals surface area contributed by atoms with Crippen LogP contribution in [0.25, 0.3) is 0 Å². The largest absolute Gasteiger partial charge is 0.493 e. The Morgan fingerprint density at radius 3 is 2.36 bits per heavy atom. The number of amides is 1. The van der Waals surface area contributed by atoms with Crippen molar-refractivity contribution in [2.45, 2.75) is 12.5 Å². The first-order valence-corrected chi connectivity index (χ1v) is 9.10. The van der Waals surface area contributed by atoms with Crippen LogP contribution in [0.2, 0.25) is 0 Å². The average Bonchev–Trinajstić information content (AvgIpc) is 2.77. The van der Waals surface area contributed by atoms with E-state index < -0.39 is 0 Å². The third kappa shape index (κ3) is 3.17. The van der Waals surface area contributed by atoms with Gasteiger partial charge in [0.25, 0.3) is 5.91 Å². The summed E-state index contributed by atoms with van der Waals surface area (Å²) in [5, 5.41) is 0. The van der Waals surface area contributed by atoms with Gasteiger partial charge in [0.05, 0.1) is 20.3 Å². The Bertz CT molecular complexity index is 977. The van der Waals surface area contributed by atoms with E-state index in [-0.39, 0.29) is 17.8 Å². The molecule has 2 aromatic carbocycles. The Kier molecular flexibility index (Phi) is 4.93. The van der Waals surface area contributed by atoms with Gasteiger partial charge < -0.3 is 14.4 Å². The van der Waals surface area contributed by atoms with Crippen LogP contribution >= 0.6 is 0 Å². The third-order valence-corrected chi connectivity index (χ3v) is 5.01. The maximum Gasteiger partial charge on any atom is 0.292 e. The second-order valence-corrected chi connectivity index (χ2v) is 6.54. The smallest absolute Gasteiger partial charge is 0.292 e. The summed E-state index contributed by atoms with van der Waals surface area (Å²) in [6.45, 7) is 0.569. The van der Waals surface area contributed by atoms with Crippen molar-refractivity contribution >= 4 is 5.91 Å². The molecule has 0 radical (unpaired) electrons. The zero-order chi connectivity index (χ0) is 19.5.